The van der Waals surface area contributed by atoms with E-state index in [-0.39, 0.29) is 11.3 Å². The number of benzene rings is 1. The standard InChI is InChI=1S/C12H14BrN3S2/c1-2-10(14)11(17-12-15-7-16-18-12)8-4-3-5-9(13)6-8/h3-7,10-11H,2,14H2,1H3. The fraction of sp³-hybridized carbons (Fsp3) is 0.333. The molecule has 6 heteroatoms. The van der Waals surface area contributed by atoms with Gasteiger partial charge in [-0.25, -0.2) is 4.98 Å². The van der Waals surface area contributed by atoms with Crippen LogP contribution >= 0.6 is 39.2 Å². The lowest BCUT2D eigenvalue weighted by atomic mass is 10.0. The van der Waals surface area contributed by atoms with Crippen molar-refractivity contribution in [3.05, 3.63) is 40.6 Å². The van der Waals surface area contributed by atoms with Gasteiger partial charge in [0.25, 0.3) is 0 Å². The van der Waals surface area contributed by atoms with Crippen LogP contribution in [0.15, 0.2) is 39.4 Å². The van der Waals surface area contributed by atoms with Gasteiger partial charge in [0.05, 0.1) is 5.25 Å². The molecule has 1 heterocycles. The van der Waals surface area contributed by atoms with Gasteiger partial charge in [-0.3, -0.25) is 0 Å². The molecule has 2 rings (SSSR count). The molecule has 0 aliphatic rings. The minimum atomic E-state index is 0.105. The first-order valence-electron chi connectivity index (χ1n) is 5.65. The van der Waals surface area contributed by atoms with Gasteiger partial charge in [0.2, 0.25) is 0 Å². The van der Waals surface area contributed by atoms with E-state index in [4.69, 9.17) is 5.73 Å². The molecule has 2 N–H and O–H groups in total. The number of halogens is 1. The van der Waals surface area contributed by atoms with Crippen molar-refractivity contribution in [1.29, 1.82) is 0 Å². The second-order valence-corrected chi connectivity index (χ2v) is 6.96. The predicted octanol–water partition coefficient (Wildman–Crippen LogP) is 3.87. The number of aromatic nitrogens is 2. The van der Waals surface area contributed by atoms with Crippen LogP contribution < -0.4 is 5.73 Å². The number of hydrogen-bond donors (Lipinski definition) is 1. The molecule has 0 spiro atoms. The Hall–Kier alpha value is -0.430. The first kappa shape index (κ1) is 14.0. The Morgan fingerprint density at radius 3 is 2.94 bits per heavy atom. The zero-order valence-electron chi connectivity index (χ0n) is 9.91. The maximum Gasteiger partial charge on any atom is 0.170 e. The van der Waals surface area contributed by atoms with E-state index in [1.54, 1.807) is 18.1 Å². The fourth-order valence-corrected chi connectivity index (χ4v) is 3.91. The Kier molecular flexibility index (Phi) is 5.17. The van der Waals surface area contributed by atoms with E-state index in [1.807, 2.05) is 12.1 Å². The normalized spacial score (nSPS) is 14.4. The van der Waals surface area contributed by atoms with Crippen molar-refractivity contribution in [1.82, 2.24) is 9.36 Å². The highest BCUT2D eigenvalue weighted by Crippen LogP contribution is 2.39. The van der Waals surface area contributed by atoms with Crippen LogP contribution in [0.2, 0.25) is 0 Å². The third-order valence-electron chi connectivity index (χ3n) is 2.61. The molecule has 0 amide bonds. The van der Waals surface area contributed by atoms with Gasteiger partial charge >= 0.3 is 0 Å². The predicted molar refractivity (Wildman–Crippen MR) is 80.9 cm³/mol. The first-order chi connectivity index (χ1) is 8.70. The second-order valence-electron chi connectivity index (χ2n) is 3.87. The van der Waals surface area contributed by atoms with Gasteiger partial charge in [-0.05, 0) is 35.6 Å². The average Bonchev–Trinajstić information content (AvgIpc) is 2.88. The molecule has 2 aromatic rings. The summed E-state index contributed by atoms with van der Waals surface area (Å²) in [6.45, 7) is 2.11. The quantitative estimate of drug-likeness (QED) is 0.837. The van der Waals surface area contributed by atoms with Crippen molar-refractivity contribution in [2.75, 3.05) is 0 Å². The van der Waals surface area contributed by atoms with Crippen LogP contribution in [-0.2, 0) is 0 Å². The first-order valence-corrected chi connectivity index (χ1v) is 8.09. The van der Waals surface area contributed by atoms with Crippen molar-refractivity contribution < 1.29 is 0 Å². The smallest absolute Gasteiger partial charge is 0.170 e. The highest BCUT2D eigenvalue weighted by Gasteiger charge is 2.21. The molecule has 0 aliphatic heterocycles. The third-order valence-corrected chi connectivity index (χ3v) is 5.26. The minimum absolute atomic E-state index is 0.105. The molecular formula is C12H14BrN3S2. The van der Waals surface area contributed by atoms with Crippen molar-refractivity contribution in [3.8, 4) is 0 Å². The Morgan fingerprint density at radius 1 is 1.50 bits per heavy atom. The maximum atomic E-state index is 6.24. The molecule has 3 nitrogen and oxygen atoms in total. The number of nitrogens with two attached hydrogens (primary N) is 1. The molecule has 1 aromatic carbocycles. The topological polar surface area (TPSA) is 51.8 Å². The molecule has 0 saturated heterocycles. The van der Waals surface area contributed by atoms with Crippen LogP contribution in [0.5, 0.6) is 0 Å². The molecular weight excluding hydrogens is 330 g/mol. The van der Waals surface area contributed by atoms with Crippen LogP contribution in [0.1, 0.15) is 24.2 Å². The molecule has 18 heavy (non-hydrogen) atoms. The summed E-state index contributed by atoms with van der Waals surface area (Å²) in [6, 6.07) is 8.39. The Morgan fingerprint density at radius 2 is 2.33 bits per heavy atom. The number of nitrogens with zero attached hydrogens (tertiary/aromatic N) is 2. The Labute approximate surface area is 123 Å². The Bertz CT molecular complexity index is 490. The lowest BCUT2D eigenvalue weighted by Crippen LogP contribution is -2.25. The van der Waals surface area contributed by atoms with Crippen LogP contribution in [0.25, 0.3) is 0 Å². The monoisotopic (exact) mass is 343 g/mol. The molecule has 0 fully saturated rings. The van der Waals surface area contributed by atoms with E-state index >= 15 is 0 Å². The van der Waals surface area contributed by atoms with Crippen molar-refractivity contribution in [3.63, 3.8) is 0 Å². The van der Waals surface area contributed by atoms with E-state index in [0.29, 0.717) is 0 Å². The maximum absolute atomic E-state index is 6.24. The summed E-state index contributed by atoms with van der Waals surface area (Å²) in [5, 5.41) is 0.209. The summed E-state index contributed by atoms with van der Waals surface area (Å²) >= 11 is 6.61. The van der Waals surface area contributed by atoms with Crippen LogP contribution in [-0.4, -0.2) is 15.4 Å². The zero-order chi connectivity index (χ0) is 13.0. The van der Waals surface area contributed by atoms with Gasteiger partial charge in [0, 0.05) is 10.5 Å². The van der Waals surface area contributed by atoms with Crippen molar-refractivity contribution in [2.45, 2.75) is 29.0 Å². The Balaban J connectivity index is 2.25. The zero-order valence-corrected chi connectivity index (χ0v) is 13.1. The summed E-state index contributed by atoms with van der Waals surface area (Å²) in [4.78, 5) is 4.22. The molecule has 0 radical (unpaired) electrons. The van der Waals surface area contributed by atoms with Crippen LogP contribution in [0.3, 0.4) is 0 Å². The minimum Gasteiger partial charge on any atom is -0.326 e. The van der Waals surface area contributed by atoms with Gasteiger partial charge in [-0.15, -0.1) is 0 Å². The highest BCUT2D eigenvalue weighted by atomic mass is 79.9. The van der Waals surface area contributed by atoms with Crippen molar-refractivity contribution in [2.24, 2.45) is 5.73 Å². The van der Waals surface area contributed by atoms with Gasteiger partial charge in [-0.1, -0.05) is 46.7 Å². The molecule has 2 unspecified atom stereocenters. The van der Waals surface area contributed by atoms with Crippen molar-refractivity contribution >= 4 is 39.2 Å². The van der Waals surface area contributed by atoms with E-state index in [0.717, 1.165) is 15.2 Å². The lowest BCUT2D eigenvalue weighted by Gasteiger charge is -2.21. The van der Waals surface area contributed by atoms with Gasteiger partial charge in [0.1, 0.15) is 6.33 Å². The summed E-state index contributed by atoms with van der Waals surface area (Å²) < 4.78 is 6.07. The average molecular weight is 344 g/mol. The highest BCUT2D eigenvalue weighted by molar-refractivity contribution is 9.10. The molecule has 96 valence electrons. The summed E-state index contributed by atoms with van der Waals surface area (Å²) in [6.07, 6.45) is 2.52. The van der Waals surface area contributed by atoms with Crippen LogP contribution in [0.4, 0.5) is 0 Å². The third kappa shape index (κ3) is 3.54. The fourth-order valence-electron chi connectivity index (χ4n) is 1.62. The van der Waals surface area contributed by atoms with Gasteiger partial charge < -0.3 is 5.73 Å². The van der Waals surface area contributed by atoms with E-state index < -0.39 is 0 Å². The molecule has 1 aromatic heterocycles. The van der Waals surface area contributed by atoms with Gasteiger partial charge in [0.15, 0.2) is 4.34 Å². The SMILES string of the molecule is CCC(N)C(Sc1ncns1)c1cccc(Br)c1. The number of hydrogen-bond acceptors (Lipinski definition) is 5. The van der Waals surface area contributed by atoms with Crippen LogP contribution in [0, 0.1) is 0 Å². The lowest BCUT2D eigenvalue weighted by molar-refractivity contribution is 0.634. The molecule has 2 atom stereocenters. The summed E-state index contributed by atoms with van der Waals surface area (Å²) in [5.74, 6) is 0. The second kappa shape index (κ2) is 6.65. The molecule has 0 saturated carbocycles. The van der Waals surface area contributed by atoms with Gasteiger partial charge in [-0.2, -0.15) is 4.37 Å². The summed E-state index contributed by atoms with van der Waals surface area (Å²) in [5.41, 5.74) is 7.46. The number of thioether (sulfide) groups is 1. The number of rotatable bonds is 5. The summed E-state index contributed by atoms with van der Waals surface area (Å²) in [7, 11) is 0. The van der Waals surface area contributed by atoms with E-state index in [9.17, 15) is 0 Å². The van der Waals surface area contributed by atoms with E-state index in [1.165, 1.54) is 17.1 Å². The largest absolute Gasteiger partial charge is 0.326 e. The molecule has 0 bridgehead atoms. The molecule has 0 aliphatic carbocycles. The van der Waals surface area contributed by atoms with E-state index in [2.05, 4.69) is 44.3 Å².